The van der Waals surface area contributed by atoms with Crippen molar-refractivity contribution in [2.24, 2.45) is 4.99 Å². The number of fused-ring (bicyclic) bond motifs is 3. The maximum absolute atomic E-state index is 13.0. The third-order valence-corrected chi connectivity index (χ3v) is 8.05. The normalized spacial score (nSPS) is 14.2. The average molecular weight is 618 g/mol. The predicted octanol–water partition coefficient (Wildman–Crippen LogP) is 3.57. The molecule has 0 bridgehead atoms. The van der Waals surface area contributed by atoms with Crippen LogP contribution < -0.4 is 5.32 Å². The van der Waals surface area contributed by atoms with Crippen molar-refractivity contribution >= 4 is 40.8 Å². The van der Waals surface area contributed by atoms with Crippen LogP contribution in [0.5, 0.6) is 0 Å². The number of rotatable bonds is 17. The van der Waals surface area contributed by atoms with Gasteiger partial charge in [-0.1, -0.05) is 23.7 Å². The number of benzene rings is 1. The number of aromatic nitrogens is 3. The Bertz CT molecular complexity index is 1370. The van der Waals surface area contributed by atoms with Crippen LogP contribution >= 0.6 is 22.9 Å². The fraction of sp³-hybridized carbons (Fsp3) is 0.483. The molecule has 42 heavy (non-hydrogen) atoms. The van der Waals surface area contributed by atoms with Crippen molar-refractivity contribution in [2.45, 2.75) is 33.2 Å². The van der Waals surface area contributed by atoms with Crippen LogP contribution in [0.4, 0.5) is 0 Å². The highest BCUT2D eigenvalue weighted by molar-refractivity contribution is 7.15. The summed E-state index contributed by atoms with van der Waals surface area (Å²) in [6, 6.07) is 7.08. The first-order valence-corrected chi connectivity index (χ1v) is 15.0. The number of carbonyl (C=O) groups excluding carboxylic acids is 2. The van der Waals surface area contributed by atoms with Crippen molar-refractivity contribution in [1.29, 1.82) is 0 Å². The van der Waals surface area contributed by atoms with Gasteiger partial charge in [0.05, 0.1) is 58.4 Å². The molecule has 1 aromatic carbocycles. The topological polar surface area (TPSA) is 126 Å². The molecule has 226 valence electrons. The first kappa shape index (κ1) is 31.9. The largest absolute Gasteiger partial charge is 0.377 e. The maximum Gasteiger partial charge on any atom is 0.222 e. The molecule has 0 aliphatic carbocycles. The van der Waals surface area contributed by atoms with E-state index in [1.807, 2.05) is 35.8 Å². The minimum atomic E-state index is -0.524. The fourth-order valence-corrected chi connectivity index (χ4v) is 5.77. The number of nitrogens with zero attached hydrogens (tertiary/aromatic N) is 4. The van der Waals surface area contributed by atoms with E-state index in [1.54, 1.807) is 11.3 Å². The molecule has 13 heteroatoms. The van der Waals surface area contributed by atoms with Crippen molar-refractivity contribution < 1.29 is 28.5 Å². The van der Waals surface area contributed by atoms with Gasteiger partial charge in [-0.15, -0.1) is 21.5 Å². The van der Waals surface area contributed by atoms with Crippen molar-refractivity contribution in [3.05, 3.63) is 62.5 Å². The number of thiophene rings is 1. The molecular formula is C29H36ClN5O6S. The lowest BCUT2D eigenvalue weighted by atomic mass is 9.99. The van der Waals surface area contributed by atoms with Gasteiger partial charge in [-0.3, -0.25) is 14.4 Å². The first-order chi connectivity index (χ1) is 20.4. The number of carbonyl (C=O) groups is 2. The van der Waals surface area contributed by atoms with E-state index in [0.717, 1.165) is 33.2 Å². The van der Waals surface area contributed by atoms with Gasteiger partial charge >= 0.3 is 0 Å². The Morgan fingerprint density at radius 2 is 1.62 bits per heavy atom. The number of hydrogen-bond donors (Lipinski definition) is 1. The van der Waals surface area contributed by atoms with Gasteiger partial charge < -0.3 is 29.1 Å². The molecule has 0 saturated carbocycles. The molecule has 3 heterocycles. The van der Waals surface area contributed by atoms with E-state index < -0.39 is 6.04 Å². The molecule has 1 amide bonds. The second kappa shape index (κ2) is 16.0. The van der Waals surface area contributed by atoms with Crippen LogP contribution in [0, 0.1) is 20.8 Å². The SMILES string of the molecule is Cc1sc2c(c1C)C(c1ccc(Cl)cc1)=N[C@@H](CC(=O)NCCOCCOCCOCCOCC=O)c1nnc(C)n1-2. The Labute approximate surface area is 254 Å². The zero-order chi connectivity index (χ0) is 29.9. The highest BCUT2D eigenvalue weighted by Gasteiger charge is 2.32. The summed E-state index contributed by atoms with van der Waals surface area (Å²) in [6.07, 6.45) is 0.820. The molecule has 1 aliphatic rings. The zero-order valence-corrected chi connectivity index (χ0v) is 25.6. The van der Waals surface area contributed by atoms with E-state index in [1.165, 1.54) is 4.88 Å². The lowest BCUT2D eigenvalue weighted by Gasteiger charge is -2.13. The summed E-state index contributed by atoms with van der Waals surface area (Å²) in [5.41, 5.74) is 3.90. The molecule has 11 nitrogen and oxygen atoms in total. The van der Waals surface area contributed by atoms with E-state index in [0.29, 0.717) is 69.9 Å². The van der Waals surface area contributed by atoms with Gasteiger partial charge in [0.2, 0.25) is 5.91 Å². The number of aryl methyl sites for hydroxylation is 2. The Kier molecular flexibility index (Phi) is 12.2. The van der Waals surface area contributed by atoms with E-state index in [2.05, 4.69) is 29.4 Å². The third-order valence-electron chi connectivity index (χ3n) is 6.61. The van der Waals surface area contributed by atoms with Crippen molar-refractivity contribution in [3.63, 3.8) is 0 Å². The van der Waals surface area contributed by atoms with Gasteiger partial charge in [0, 0.05) is 27.6 Å². The van der Waals surface area contributed by atoms with Crippen LogP contribution in [0.15, 0.2) is 29.3 Å². The van der Waals surface area contributed by atoms with Gasteiger partial charge in [0.15, 0.2) is 5.82 Å². The molecule has 1 N–H and O–H groups in total. The van der Waals surface area contributed by atoms with Crippen molar-refractivity contribution in [1.82, 2.24) is 20.1 Å². The Hall–Kier alpha value is -3.00. The lowest BCUT2D eigenvalue weighted by molar-refractivity contribution is -0.121. The van der Waals surface area contributed by atoms with Crippen LogP contribution in [0.25, 0.3) is 5.00 Å². The summed E-state index contributed by atoms with van der Waals surface area (Å²) in [4.78, 5) is 29.5. The van der Waals surface area contributed by atoms with Crippen LogP contribution in [0.2, 0.25) is 5.02 Å². The van der Waals surface area contributed by atoms with Crippen molar-refractivity contribution in [3.8, 4) is 5.00 Å². The molecular weight excluding hydrogens is 582 g/mol. The number of aliphatic imine (C=N–C) groups is 1. The molecule has 0 unspecified atom stereocenters. The first-order valence-electron chi connectivity index (χ1n) is 13.8. The minimum Gasteiger partial charge on any atom is -0.377 e. The second-order valence-corrected chi connectivity index (χ2v) is 11.2. The number of nitrogens with one attached hydrogen (secondary N) is 1. The predicted molar refractivity (Wildman–Crippen MR) is 160 cm³/mol. The smallest absolute Gasteiger partial charge is 0.222 e. The Morgan fingerprint density at radius 3 is 2.29 bits per heavy atom. The van der Waals surface area contributed by atoms with E-state index >= 15 is 0 Å². The molecule has 4 rings (SSSR count). The number of halogens is 1. The van der Waals surface area contributed by atoms with Crippen LogP contribution in [0.1, 0.15) is 45.7 Å². The summed E-state index contributed by atoms with van der Waals surface area (Å²) in [7, 11) is 0. The number of ether oxygens (including phenoxy) is 4. The minimum absolute atomic E-state index is 0.0790. The molecule has 1 aliphatic heterocycles. The summed E-state index contributed by atoms with van der Waals surface area (Å²) < 4.78 is 23.4. The van der Waals surface area contributed by atoms with Gasteiger partial charge in [0.25, 0.3) is 0 Å². The average Bonchev–Trinajstić information content (AvgIpc) is 3.45. The van der Waals surface area contributed by atoms with Gasteiger partial charge in [0.1, 0.15) is 29.8 Å². The quantitative estimate of drug-likeness (QED) is 0.180. The highest BCUT2D eigenvalue weighted by Crippen LogP contribution is 2.39. The second-order valence-electron chi connectivity index (χ2n) is 9.54. The van der Waals surface area contributed by atoms with Gasteiger partial charge in [-0.25, -0.2) is 0 Å². The zero-order valence-electron chi connectivity index (χ0n) is 24.1. The molecule has 3 aromatic rings. The summed E-state index contributed by atoms with van der Waals surface area (Å²) in [5.74, 6) is 1.23. The molecule has 0 spiro atoms. The maximum atomic E-state index is 13.0. The molecule has 2 aromatic heterocycles. The van der Waals surface area contributed by atoms with Crippen LogP contribution in [0.3, 0.4) is 0 Å². The summed E-state index contributed by atoms with van der Waals surface area (Å²) >= 11 is 7.85. The van der Waals surface area contributed by atoms with Gasteiger partial charge in [-0.2, -0.15) is 0 Å². The lowest BCUT2D eigenvalue weighted by Crippen LogP contribution is -2.29. The number of aldehydes is 1. The highest BCUT2D eigenvalue weighted by atomic mass is 35.5. The molecule has 1 atom stereocenters. The number of amides is 1. The third kappa shape index (κ3) is 8.30. The monoisotopic (exact) mass is 617 g/mol. The summed E-state index contributed by atoms with van der Waals surface area (Å²) in [6.45, 7) is 9.37. The summed E-state index contributed by atoms with van der Waals surface area (Å²) in [5, 5.41) is 13.4. The molecule has 0 fully saturated rings. The van der Waals surface area contributed by atoms with E-state index in [9.17, 15) is 9.59 Å². The van der Waals surface area contributed by atoms with E-state index in [-0.39, 0.29) is 18.9 Å². The number of hydrogen-bond acceptors (Lipinski definition) is 10. The van der Waals surface area contributed by atoms with Crippen molar-refractivity contribution in [2.75, 3.05) is 59.4 Å². The molecule has 0 saturated heterocycles. The standard InChI is InChI=1S/C29H36ClN5O6S/c1-19-20(2)42-29-26(19)27(22-4-6-23(30)7-5-22)32-24(28-34-33-21(3)35(28)29)18-25(37)31-8-10-38-12-14-40-16-17-41-15-13-39-11-9-36/h4-7,9,24H,8,10-18H2,1-3H3,(H,31,37)/t24-/m0/s1. The van der Waals surface area contributed by atoms with E-state index in [4.69, 9.17) is 35.5 Å². The Balaban J connectivity index is 1.30. The van der Waals surface area contributed by atoms with Crippen LogP contribution in [-0.4, -0.2) is 92.1 Å². The Morgan fingerprint density at radius 1 is 0.976 bits per heavy atom. The molecule has 0 radical (unpaired) electrons. The fourth-order valence-electron chi connectivity index (χ4n) is 4.43. The van der Waals surface area contributed by atoms with Gasteiger partial charge in [-0.05, 0) is 38.5 Å². The van der Waals surface area contributed by atoms with Crippen LogP contribution in [-0.2, 0) is 28.5 Å².